The van der Waals surface area contributed by atoms with Crippen LogP contribution in [0.15, 0.2) is 84.5 Å². The standard InChI is InChI=1S/C25H19N/c26-16-13-14-20-19-9-3-6-12-23(19)25(24(20)15-16)21-10-4-1-7-17(21)18-8-2-5-11-22(18)25/h1-2,4-8,10-15H,3,9,26H2. The average molecular weight is 333 g/mol. The molecule has 3 aromatic rings. The lowest BCUT2D eigenvalue weighted by Gasteiger charge is -2.32. The summed E-state index contributed by atoms with van der Waals surface area (Å²) < 4.78 is 0. The number of fused-ring (bicyclic) bond motifs is 9. The van der Waals surface area contributed by atoms with Gasteiger partial charge in [-0.25, -0.2) is 0 Å². The number of hydrogen-bond donors (Lipinski definition) is 1. The molecular weight excluding hydrogens is 314 g/mol. The molecule has 0 radical (unpaired) electrons. The Morgan fingerprint density at radius 3 is 2.15 bits per heavy atom. The molecule has 6 rings (SSSR count). The summed E-state index contributed by atoms with van der Waals surface area (Å²) in [4.78, 5) is 0. The normalized spacial score (nSPS) is 17.8. The quantitative estimate of drug-likeness (QED) is 0.525. The second kappa shape index (κ2) is 4.76. The lowest BCUT2D eigenvalue weighted by Crippen LogP contribution is -2.27. The van der Waals surface area contributed by atoms with Crippen LogP contribution in [0.3, 0.4) is 0 Å². The van der Waals surface area contributed by atoms with Gasteiger partial charge in [0.1, 0.15) is 0 Å². The van der Waals surface area contributed by atoms with Gasteiger partial charge in [0, 0.05) is 5.69 Å². The first kappa shape index (κ1) is 14.1. The molecule has 124 valence electrons. The lowest BCUT2D eigenvalue weighted by atomic mass is 9.69. The van der Waals surface area contributed by atoms with Crippen LogP contribution >= 0.6 is 0 Å². The summed E-state index contributed by atoms with van der Waals surface area (Å²) in [7, 11) is 0. The van der Waals surface area contributed by atoms with E-state index in [2.05, 4.69) is 72.8 Å². The minimum Gasteiger partial charge on any atom is -0.399 e. The zero-order valence-corrected chi connectivity index (χ0v) is 14.5. The molecule has 1 heteroatoms. The third-order valence-corrected chi connectivity index (χ3v) is 6.30. The predicted octanol–water partition coefficient (Wildman–Crippen LogP) is 5.70. The summed E-state index contributed by atoms with van der Waals surface area (Å²) in [6, 6.07) is 24.3. The third-order valence-electron chi connectivity index (χ3n) is 6.30. The maximum Gasteiger partial charge on any atom is 0.0722 e. The van der Waals surface area contributed by atoms with Gasteiger partial charge in [0.05, 0.1) is 5.41 Å². The van der Waals surface area contributed by atoms with Gasteiger partial charge in [0.2, 0.25) is 0 Å². The second-order valence-corrected chi connectivity index (χ2v) is 7.48. The molecule has 0 fully saturated rings. The molecule has 3 aliphatic rings. The largest absolute Gasteiger partial charge is 0.399 e. The van der Waals surface area contributed by atoms with Crippen molar-refractivity contribution in [3.63, 3.8) is 0 Å². The van der Waals surface area contributed by atoms with E-state index in [0.29, 0.717) is 0 Å². The second-order valence-electron chi connectivity index (χ2n) is 7.48. The number of nitrogens with two attached hydrogens (primary N) is 1. The molecule has 0 atom stereocenters. The Balaban J connectivity index is 1.84. The molecule has 0 saturated heterocycles. The van der Waals surface area contributed by atoms with Crippen LogP contribution in [0.4, 0.5) is 5.69 Å². The topological polar surface area (TPSA) is 26.0 Å². The lowest BCUT2D eigenvalue weighted by molar-refractivity contribution is 0.781. The highest BCUT2D eigenvalue weighted by Gasteiger charge is 2.52. The van der Waals surface area contributed by atoms with Crippen molar-refractivity contribution in [3.05, 3.63) is 107 Å². The van der Waals surface area contributed by atoms with Crippen LogP contribution in [0.5, 0.6) is 0 Å². The fourth-order valence-corrected chi connectivity index (χ4v) is 5.39. The van der Waals surface area contributed by atoms with E-state index in [9.17, 15) is 0 Å². The predicted molar refractivity (Wildman–Crippen MR) is 108 cm³/mol. The van der Waals surface area contributed by atoms with E-state index in [1.165, 1.54) is 44.5 Å². The molecule has 0 saturated carbocycles. The first-order valence-electron chi connectivity index (χ1n) is 9.32. The average Bonchev–Trinajstić information content (AvgIpc) is 3.15. The molecule has 1 nitrogen and oxygen atoms in total. The van der Waals surface area contributed by atoms with Crippen LogP contribution in [-0.4, -0.2) is 0 Å². The van der Waals surface area contributed by atoms with Crippen molar-refractivity contribution in [2.24, 2.45) is 0 Å². The van der Waals surface area contributed by atoms with E-state index in [4.69, 9.17) is 5.73 Å². The Labute approximate surface area is 153 Å². The summed E-state index contributed by atoms with van der Waals surface area (Å²) in [5.41, 5.74) is 18.1. The van der Waals surface area contributed by atoms with Gasteiger partial charge in [-0.1, -0.05) is 66.7 Å². The van der Waals surface area contributed by atoms with Crippen molar-refractivity contribution in [1.82, 2.24) is 0 Å². The van der Waals surface area contributed by atoms with Gasteiger partial charge in [0.15, 0.2) is 0 Å². The SMILES string of the molecule is Nc1ccc2c(c1)C1(C3=C2CCC=C3)c2ccccc2-c2ccccc21. The van der Waals surface area contributed by atoms with Gasteiger partial charge in [0.25, 0.3) is 0 Å². The van der Waals surface area contributed by atoms with Gasteiger partial charge in [-0.3, -0.25) is 0 Å². The third kappa shape index (κ3) is 1.48. The highest BCUT2D eigenvalue weighted by Crippen LogP contribution is 2.63. The molecule has 26 heavy (non-hydrogen) atoms. The Morgan fingerprint density at radius 1 is 0.731 bits per heavy atom. The van der Waals surface area contributed by atoms with Crippen molar-refractivity contribution in [3.8, 4) is 11.1 Å². The number of benzene rings is 3. The smallest absolute Gasteiger partial charge is 0.0722 e. The zero-order chi connectivity index (χ0) is 17.3. The van der Waals surface area contributed by atoms with E-state index < -0.39 is 0 Å². The number of allylic oxidation sites excluding steroid dienone is 4. The highest BCUT2D eigenvalue weighted by molar-refractivity contribution is 5.96. The summed E-state index contributed by atoms with van der Waals surface area (Å²) in [6.45, 7) is 0. The molecule has 3 aromatic carbocycles. The summed E-state index contributed by atoms with van der Waals surface area (Å²) in [6.07, 6.45) is 6.92. The molecule has 0 unspecified atom stereocenters. The Hall–Kier alpha value is -3.06. The van der Waals surface area contributed by atoms with Crippen molar-refractivity contribution in [2.45, 2.75) is 18.3 Å². The fraction of sp³-hybridized carbons (Fsp3) is 0.120. The monoisotopic (exact) mass is 333 g/mol. The van der Waals surface area contributed by atoms with Gasteiger partial charge in [-0.2, -0.15) is 0 Å². The van der Waals surface area contributed by atoms with Crippen LogP contribution < -0.4 is 5.73 Å². The Kier molecular flexibility index (Phi) is 2.59. The summed E-state index contributed by atoms with van der Waals surface area (Å²) in [5, 5.41) is 0. The van der Waals surface area contributed by atoms with Crippen LogP contribution in [0, 0.1) is 0 Å². The van der Waals surface area contributed by atoms with Crippen molar-refractivity contribution in [2.75, 3.05) is 5.73 Å². The molecule has 0 amide bonds. The maximum atomic E-state index is 6.27. The van der Waals surface area contributed by atoms with Crippen LogP contribution in [0.25, 0.3) is 16.7 Å². The molecule has 3 aliphatic carbocycles. The number of anilines is 1. The Morgan fingerprint density at radius 2 is 1.42 bits per heavy atom. The molecule has 0 aromatic heterocycles. The molecule has 1 spiro atoms. The van der Waals surface area contributed by atoms with Crippen molar-refractivity contribution < 1.29 is 0 Å². The summed E-state index contributed by atoms with van der Waals surface area (Å²) >= 11 is 0. The van der Waals surface area contributed by atoms with E-state index in [0.717, 1.165) is 18.5 Å². The van der Waals surface area contributed by atoms with Crippen molar-refractivity contribution >= 4 is 11.3 Å². The minimum absolute atomic E-state index is 0.218. The van der Waals surface area contributed by atoms with Crippen LogP contribution in [-0.2, 0) is 5.41 Å². The van der Waals surface area contributed by atoms with Gasteiger partial charge in [-0.15, -0.1) is 0 Å². The van der Waals surface area contributed by atoms with Crippen LogP contribution in [0.2, 0.25) is 0 Å². The Bertz CT molecular complexity index is 1100. The molecule has 0 bridgehead atoms. The van der Waals surface area contributed by atoms with Crippen LogP contribution in [0.1, 0.15) is 35.1 Å². The van der Waals surface area contributed by atoms with Gasteiger partial charge in [-0.05, 0) is 69.5 Å². The minimum atomic E-state index is -0.218. The number of nitrogen functional groups attached to an aromatic ring is 1. The summed E-state index contributed by atoms with van der Waals surface area (Å²) in [5.74, 6) is 0. The zero-order valence-electron chi connectivity index (χ0n) is 14.5. The highest BCUT2D eigenvalue weighted by atomic mass is 14.6. The number of rotatable bonds is 0. The van der Waals surface area contributed by atoms with E-state index in [1.54, 1.807) is 0 Å². The van der Waals surface area contributed by atoms with Gasteiger partial charge < -0.3 is 5.73 Å². The van der Waals surface area contributed by atoms with E-state index >= 15 is 0 Å². The molecule has 0 aliphatic heterocycles. The fourth-order valence-electron chi connectivity index (χ4n) is 5.39. The molecule has 0 heterocycles. The first-order valence-corrected chi connectivity index (χ1v) is 9.32. The van der Waals surface area contributed by atoms with E-state index in [-0.39, 0.29) is 5.41 Å². The maximum absolute atomic E-state index is 6.27. The number of hydrogen-bond acceptors (Lipinski definition) is 1. The molecule has 2 N–H and O–H groups in total. The van der Waals surface area contributed by atoms with Gasteiger partial charge >= 0.3 is 0 Å². The van der Waals surface area contributed by atoms with E-state index in [1.807, 2.05) is 6.07 Å². The van der Waals surface area contributed by atoms with Crippen molar-refractivity contribution in [1.29, 1.82) is 0 Å². The molecular formula is C25H19N. The first-order chi connectivity index (χ1) is 12.8.